The molecule has 1 N–H and O–H groups in total. The van der Waals surface area contributed by atoms with Crippen LogP contribution in [0.15, 0.2) is 61.1 Å². The molecule has 24 heavy (non-hydrogen) atoms. The molecule has 0 fully saturated rings. The number of amides is 1. The van der Waals surface area contributed by atoms with Crippen molar-refractivity contribution < 1.29 is 4.79 Å². The minimum atomic E-state index is -0.101. The van der Waals surface area contributed by atoms with Gasteiger partial charge in [-0.15, -0.1) is 0 Å². The molecule has 0 radical (unpaired) electrons. The van der Waals surface area contributed by atoms with Gasteiger partial charge in [0, 0.05) is 50.5 Å². The zero-order valence-corrected chi connectivity index (χ0v) is 13.7. The van der Waals surface area contributed by atoms with Crippen molar-refractivity contribution in [3.05, 3.63) is 72.2 Å². The summed E-state index contributed by atoms with van der Waals surface area (Å²) >= 11 is 0. The highest BCUT2D eigenvalue weighted by Gasteiger charge is 2.06. The Balaban J connectivity index is 1.59. The van der Waals surface area contributed by atoms with Gasteiger partial charge in [0.25, 0.3) is 5.91 Å². The first-order valence-corrected chi connectivity index (χ1v) is 7.64. The van der Waals surface area contributed by atoms with Crippen LogP contribution in [0.3, 0.4) is 0 Å². The number of carbonyl (C=O) groups is 1. The van der Waals surface area contributed by atoms with Crippen molar-refractivity contribution in [2.45, 2.75) is 6.54 Å². The summed E-state index contributed by atoms with van der Waals surface area (Å²) < 4.78 is 1.69. The number of rotatable bonds is 5. The molecule has 122 valence electrons. The van der Waals surface area contributed by atoms with Gasteiger partial charge in [-0.3, -0.25) is 4.79 Å². The SMILES string of the molecule is CN(C)c1ccc(C(=O)NCc2ccc(-n3cccn3)nc2)cc1. The maximum atomic E-state index is 12.2. The average molecular weight is 321 g/mol. The van der Waals surface area contributed by atoms with Crippen molar-refractivity contribution in [3.63, 3.8) is 0 Å². The monoisotopic (exact) mass is 321 g/mol. The van der Waals surface area contributed by atoms with Crippen molar-refractivity contribution >= 4 is 11.6 Å². The molecule has 0 aliphatic rings. The molecule has 0 saturated carbocycles. The number of hydrogen-bond donors (Lipinski definition) is 1. The maximum absolute atomic E-state index is 12.2. The van der Waals surface area contributed by atoms with Crippen LogP contribution >= 0.6 is 0 Å². The summed E-state index contributed by atoms with van der Waals surface area (Å²) in [6, 6.07) is 13.1. The topological polar surface area (TPSA) is 63.1 Å². The van der Waals surface area contributed by atoms with Gasteiger partial charge < -0.3 is 10.2 Å². The van der Waals surface area contributed by atoms with Gasteiger partial charge in [0.15, 0.2) is 5.82 Å². The lowest BCUT2D eigenvalue weighted by Gasteiger charge is -2.12. The molecule has 3 aromatic rings. The predicted molar refractivity (Wildman–Crippen MR) is 93.3 cm³/mol. The summed E-state index contributed by atoms with van der Waals surface area (Å²) in [4.78, 5) is 18.5. The van der Waals surface area contributed by atoms with Crippen molar-refractivity contribution in [2.75, 3.05) is 19.0 Å². The third-order valence-electron chi connectivity index (χ3n) is 3.65. The summed E-state index contributed by atoms with van der Waals surface area (Å²) in [5.41, 5.74) is 2.64. The number of pyridine rings is 1. The van der Waals surface area contributed by atoms with E-state index in [4.69, 9.17) is 0 Å². The van der Waals surface area contributed by atoms with Gasteiger partial charge in [-0.25, -0.2) is 9.67 Å². The Morgan fingerprint density at radius 3 is 2.54 bits per heavy atom. The lowest BCUT2D eigenvalue weighted by atomic mass is 10.2. The molecule has 0 bridgehead atoms. The number of carbonyl (C=O) groups excluding carboxylic acids is 1. The number of anilines is 1. The van der Waals surface area contributed by atoms with Crippen LogP contribution in [0.5, 0.6) is 0 Å². The molecular weight excluding hydrogens is 302 g/mol. The largest absolute Gasteiger partial charge is 0.378 e. The van der Waals surface area contributed by atoms with E-state index in [1.165, 1.54) is 0 Å². The molecule has 0 unspecified atom stereocenters. The number of nitrogens with zero attached hydrogens (tertiary/aromatic N) is 4. The summed E-state index contributed by atoms with van der Waals surface area (Å²) in [7, 11) is 3.93. The van der Waals surface area contributed by atoms with E-state index < -0.39 is 0 Å². The lowest BCUT2D eigenvalue weighted by Crippen LogP contribution is -2.23. The smallest absolute Gasteiger partial charge is 0.251 e. The molecule has 6 heteroatoms. The summed E-state index contributed by atoms with van der Waals surface area (Å²) in [5.74, 6) is 0.644. The Kier molecular flexibility index (Phi) is 4.56. The van der Waals surface area contributed by atoms with Crippen LogP contribution in [0.25, 0.3) is 5.82 Å². The van der Waals surface area contributed by atoms with Crippen LogP contribution in [0.4, 0.5) is 5.69 Å². The Hall–Kier alpha value is -3.15. The molecule has 0 aliphatic carbocycles. The van der Waals surface area contributed by atoms with Crippen molar-refractivity contribution in [2.24, 2.45) is 0 Å². The molecule has 0 saturated heterocycles. The zero-order valence-electron chi connectivity index (χ0n) is 13.7. The number of benzene rings is 1. The Morgan fingerprint density at radius 2 is 1.96 bits per heavy atom. The third kappa shape index (κ3) is 3.60. The van der Waals surface area contributed by atoms with Crippen molar-refractivity contribution in [1.82, 2.24) is 20.1 Å². The van der Waals surface area contributed by atoms with E-state index in [2.05, 4.69) is 15.4 Å². The highest BCUT2D eigenvalue weighted by Crippen LogP contribution is 2.12. The van der Waals surface area contributed by atoms with Crippen LogP contribution in [0.2, 0.25) is 0 Å². The van der Waals surface area contributed by atoms with E-state index in [0.29, 0.717) is 12.1 Å². The average Bonchev–Trinajstić information content (AvgIpc) is 3.15. The Labute approximate surface area is 140 Å². The summed E-state index contributed by atoms with van der Waals surface area (Å²) in [5, 5.41) is 7.03. The molecule has 0 aliphatic heterocycles. The van der Waals surface area contributed by atoms with E-state index in [9.17, 15) is 4.79 Å². The normalized spacial score (nSPS) is 10.4. The van der Waals surface area contributed by atoms with Gasteiger partial charge >= 0.3 is 0 Å². The number of hydrogen-bond acceptors (Lipinski definition) is 4. The molecule has 0 spiro atoms. The first kappa shape index (κ1) is 15.7. The van der Waals surface area contributed by atoms with Crippen LogP contribution in [-0.2, 0) is 6.54 Å². The van der Waals surface area contributed by atoms with Crippen molar-refractivity contribution in [1.29, 1.82) is 0 Å². The van der Waals surface area contributed by atoms with Gasteiger partial charge in [0.05, 0.1) is 0 Å². The van der Waals surface area contributed by atoms with E-state index in [1.807, 2.05) is 67.7 Å². The first-order valence-electron chi connectivity index (χ1n) is 7.64. The summed E-state index contributed by atoms with van der Waals surface area (Å²) in [6.45, 7) is 0.431. The molecular formula is C18H19N5O. The van der Waals surface area contributed by atoms with E-state index in [1.54, 1.807) is 17.1 Å². The second-order valence-corrected chi connectivity index (χ2v) is 5.60. The fourth-order valence-corrected chi connectivity index (χ4v) is 2.26. The molecule has 6 nitrogen and oxygen atoms in total. The van der Waals surface area contributed by atoms with Crippen LogP contribution in [-0.4, -0.2) is 34.8 Å². The van der Waals surface area contributed by atoms with E-state index in [0.717, 1.165) is 17.1 Å². The predicted octanol–water partition coefficient (Wildman–Crippen LogP) is 2.26. The molecule has 1 amide bonds. The van der Waals surface area contributed by atoms with Crippen LogP contribution < -0.4 is 10.2 Å². The third-order valence-corrected chi connectivity index (χ3v) is 3.65. The molecule has 3 rings (SSSR count). The van der Waals surface area contributed by atoms with Gasteiger partial charge in [0.2, 0.25) is 0 Å². The minimum Gasteiger partial charge on any atom is -0.378 e. The van der Waals surface area contributed by atoms with Crippen LogP contribution in [0, 0.1) is 0 Å². The van der Waals surface area contributed by atoms with Crippen LogP contribution in [0.1, 0.15) is 15.9 Å². The highest BCUT2D eigenvalue weighted by atomic mass is 16.1. The van der Waals surface area contributed by atoms with E-state index in [-0.39, 0.29) is 5.91 Å². The van der Waals surface area contributed by atoms with Gasteiger partial charge in [-0.2, -0.15) is 5.10 Å². The van der Waals surface area contributed by atoms with Crippen molar-refractivity contribution in [3.8, 4) is 5.82 Å². The lowest BCUT2D eigenvalue weighted by molar-refractivity contribution is 0.0951. The Morgan fingerprint density at radius 1 is 1.17 bits per heavy atom. The second kappa shape index (κ2) is 6.95. The Bertz CT molecular complexity index is 792. The zero-order chi connectivity index (χ0) is 16.9. The van der Waals surface area contributed by atoms with E-state index >= 15 is 0 Å². The fraction of sp³-hybridized carbons (Fsp3) is 0.167. The molecule has 2 heterocycles. The maximum Gasteiger partial charge on any atom is 0.251 e. The highest BCUT2D eigenvalue weighted by molar-refractivity contribution is 5.94. The first-order chi connectivity index (χ1) is 11.6. The summed E-state index contributed by atoms with van der Waals surface area (Å²) in [6.07, 6.45) is 5.28. The minimum absolute atomic E-state index is 0.101. The second-order valence-electron chi connectivity index (χ2n) is 5.60. The molecule has 0 atom stereocenters. The van der Waals surface area contributed by atoms with Gasteiger partial charge in [-0.1, -0.05) is 6.07 Å². The van der Waals surface area contributed by atoms with Gasteiger partial charge in [0.1, 0.15) is 0 Å². The molecule has 1 aromatic carbocycles. The molecule has 2 aromatic heterocycles. The quantitative estimate of drug-likeness (QED) is 0.783. The van der Waals surface area contributed by atoms with Gasteiger partial charge in [-0.05, 0) is 42.0 Å². The number of nitrogens with one attached hydrogen (secondary N) is 1. The number of aromatic nitrogens is 3. The fourth-order valence-electron chi connectivity index (χ4n) is 2.26. The standard InChI is InChI=1S/C18H19N5O/c1-22(2)16-7-5-15(6-8-16)18(24)20-13-14-4-9-17(19-12-14)23-11-3-10-21-23/h3-12H,13H2,1-2H3,(H,20,24).